The number of nitrogens with zero attached hydrogens (tertiary/aromatic N) is 4. The van der Waals surface area contributed by atoms with Crippen molar-refractivity contribution < 1.29 is 0 Å². The molecule has 2 aromatic rings. The molecule has 1 aromatic carbocycles. The quantitative estimate of drug-likeness (QED) is 0.529. The second-order valence-electron chi connectivity index (χ2n) is 8.94. The predicted molar refractivity (Wildman–Crippen MR) is 131 cm³/mol. The van der Waals surface area contributed by atoms with E-state index in [9.17, 15) is 0 Å². The lowest BCUT2D eigenvalue weighted by atomic mass is 10.00. The van der Waals surface area contributed by atoms with Gasteiger partial charge in [-0.15, -0.1) is 0 Å². The van der Waals surface area contributed by atoms with Crippen molar-refractivity contribution in [2.24, 2.45) is 10.9 Å². The second kappa shape index (κ2) is 11.1. The largest absolute Gasteiger partial charge is 0.354 e. The van der Waals surface area contributed by atoms with Gasteiger partial charge in [0.25, 0.3) is 0 Å². The Labute approximate surface area is 187 Å². The van der Waals surface area contributed by atoms with Crippen molar-refractivity contribution in [3.63, 3.8) is 0 Å². The third-order valence-electron chi connectivity index (χ3n) is 5.80. The van der Waals surface area contributed by atoms with E-state index in [0.29, 0.717) is 12.5 Å². The number of likely N-dealkylation sites (N-methyl/N-ethyl adjacent to an activating group) is 1. The van der Waals surface area contributed by atoms with Gasteiger partial charge in [0.15, 0.2) is 5.96 Å². The molecular weight excluding hydrogens is 384 g/mol. The van der Waals surface area contributed by atoms with Gasteiger partial charge in [0, 0.05) is 46.0 Å². The van der Waals surface area contributed by atoms with E-state index in [1.54, 1.807) is 0 Å². The summed E-state index contributed by atoms with van der Waals surface area (Å²) in [6.07, 6.45) is 3.02. The Morgan fingerprint density at radius 3 is 2.39 bits per heavy atom. The van der Waals surface area contributed by atoms with E-state index < -0.39 is 0 Å². The normalized spacial score (nSPS) is 16.5. The molecule has 0 amide bonds. The highest BCUT2D eigenvalue weighted by molar-refractivity contribution is 5.80. The summed E-state index contributed by atoms with van der Waals surface area (Å²) < 4.78 is 0. The highest BCUT2D eigenvalue weighted by atomic mass is 15.3. The van der Waals surface area contributed by atoms with Crippen LogP contribution in [-0.4, -0.2) is 56.1 Å². The summed E-state index contributed by atoms with van der Waals surface area (Å²) in [4.78, 5) is 13.7. The van der Waals surface area contributed by atoms with Crippen molar-refractivity contribution in [2.75, 3.05) is 45.2 Å². The molecule has 1 atom stereocenters. The van der Waals surface area contributed by atoms with Gasteiger partial charge in [-0.25, -0.2) is 4.98 Å². The predicted octanol–water partition coefficient (Wildman–Crippen LogP) is 3.46. The van der Waals surface area contributed by atoms with Crippen LogP contribution in [0.1, 0.15) is 43.5 Å². The van der Waals surface area contributed by atoms with Gasteiger partial charge < -0.3 is 20.4 Å². The first-order chi connectivity index (χ1) is 14.9. The summed E-state index contributed by atoms with van der Waals surface area (Å²) >= 11 is 0. The number of piperazine rings is 1. The van der Waals surface area contributed by atoms with Crippen LogP contribution < -0.4 is 15.5 Å². The molecule has 2 heterocycles. The van der Waals surface area contributed by atoms with Crippen LogP contribution in [-0.2, 0) is 13.0 Å². The molecule has 0 radical (unpaired) electrons. The highest BCUT2D eigenvalue weighted by Gasteiger charge is 2.15. The summed E-state index contributed by atoms with van der Waals surface area (Å²) in [6.45, 7) is 11.6. The molecule has 1 unspecified atom stereocenters. The minimum absolute atomic E-state index is 0.178. The third kappa shape index (κ3) is 6.96. The van der Waals surface area contributed by atoms with Gasteiger partial charge in [-0.05, 0) is 55.1 Å². The Morgan fingerprint density at radius 2 is 1.74 bits per heavy atom. The van der Waals surface area contributed by atoms with E-state index in [2.05, 4.69) is 94.6 Å². The number of pyridine rings is 1. The van der Waals surface area contributed by atoms with Gasteiger partial charge in [0.05, 0.1) is 6.04 Å². The van der Waals surface area contributed by atoms with E-state index in [1.165, 1.54) is 16.7 Å². The van der Waals surface area contributed by atoms with Crippen molar-refractivity contribution in [1.29, 1.82) is 0 Å². The van der Waals surface area contributed by atoms with Gasteiger partial charge >= 0.3 is 0 Å². The van der Waals surface area contributed by atoms with Crippen LogP contribution in [0.5, 0.6) is 0 Å². The van der Waals surface area contributed by atoms with Gasteiger partial charge in [0.2, 0.25) is 0 Å². The Hall–Kier alpha value is -2.60. The fraction of sp³-hybridized carbons (Fsp3) is 0.520. The SMILES string of the molecule is CN=C(NCc1ccnc(N2CCN(C)CC2)c1)NC(C)c1ccc(CC(C)C)cc1. The van der Waals surface area contributed by atoms with Crippen LogP contribution in [0.4, 0.5) is 5.82 Å². The monoisotopic (exact) mass is 422 g/mol. The average molecular weight is 423 g/mol. The average Bonchev–Trinajstić information content (AvgIpc) is 2.77. The molecule has 1 fully saturated rings. The minimum Gasteiger partial charge on any atom is -0.354 e. The topological polar surface area (TPSA) is 55.8 Å². The number of rotatable bonds is 7. The number of guanidine groups is 1. The zero-order chi connectivity index (χ0) is 22.2. The maximum Gasteiger partial charge on any atom is 0.191 e. The molecule has 2 N–H and O–H groups in total. The Balaban J connectivity index is 1.54. The molecule has 1 aliphatic heterocycles. The first kappa shape index (κ1) is 23.1. The Bertz CT molecular complexity index is 837. The van der Waals surface area contributed by atoms with E-state index in [1.807, 2.05) is 13.2 Å². The van der Waals surface area contributed by atoms with E-state index in [-0.39, 0.29) is 6.04 Å². The molecule has 1 aliphatic rings. The van der Waals surface area contributed by atoms with Crippen molar-refractivity contribution in [1.82, 2.24) is 20.5 Å². The summed E-state index contributed by atoms with van der Waals surface area (Å²) in [6, 6.07) is 13.3. The molecule has 0 bridgehead atoms. The minimum atomic E-state index is 0.178. The zero-order valence-electron chi connectivity index (χ0n) is 19.7. The van der Waals surface area contributed by atoms with Gasteiger partial charge in [-0.2, -0.15) is 0 Å². The number of hydrogen-bond acceptors (Lipinski definition) is 4. The smallest absolute Gasteiger partial charge is 0.191 e. The van der Waals surface area contributed by atoms with Crippen molar-refractivity contribution in [3.05, 3.63) is 59.3 Å². The molecule has 168 valence electrons. The number of nitrogens with one attached hydrogen (secondary N) is 2. The molecular formula is C25H38N6. The fourth-order valence-corrected chi connectivity index (χ4v) is 3.86. The first-order valence-electron chi connectivity index (χ1n) is 11.4. The second-order valence-corrected chi connectivity index (χ2v) is 8.94. The molecule has 0 saturated carbocycles. The summed E-state index contributed by atoms with van der Waals surface area (Å²) in [5.41, 5.74) is 3.86. The van der Waals surface area contributed by atoms with Crippen LogP contribution in [0.2, 0.25) is 0 Å². The molecule has 1 saturated heterocycles. The number of hydrogen-bond donors (Lipinski definition) is 2. The highest BCUT2D eigenvalue weighted by Crippen LogP contribution is 2.16. The Kier molecular flexibility index (Phi) is 8.29. The summed E-state index contributed by atoms with van der Waals surface area (Å²) in [5.74, 6) is 2.54. The van der Waals surface area contributed by atoms with E-state index in [4.69, 9.17) is 0 Å². The van der Waals surface area contributed by atoms with Crippen LogP contribution in [0.15, 0.2) is 47.6 Å². The van der Waals surface area contributed by atoms with Crippen molar-refractivity contribution in [2.45, 2.75) is 39.8 Å². The molecule has 1 aromatic heterocycles. The van der Waals surface area contributed by atoms with E-state index in [0.717, 1.165) is 44.4 Å². The molecule has 6 heteroatoms. The van der Waals surface area contributed by atoms with Gasteiger partial charge in [-0.1, -0.05) is 38.1 Å². The first-order valence-corrected chi connectivity index (χ1v) is 11.4. The lowest BCUT2D eigenvalue weighted by molar-refractivity contribution is 0.312. The van der Waals surface area contributed by atoms with Crippen molar-refractivity contribution in [3.8, 4) is 0 Å². The summed E-state index contributed by atoms with van der Waals surface area (Å²) in [7, 11) is 3.99. The standard InChI is InChI=1S/C25H38N6/c1-19(2)16-21-6-8-23(9-7-21)20(3)29-25(26-4)28-18-22-10-11-27-24(17-22)31-14-12-30(5)13-15-31/h6-11,17,19-20H,12-16,18H2,1-5H3,(H2,26,28,29). The van der Waals surface area contributed by atoms with Crippen LogP contribution in [0.3, 0.4) is 0 Å². The maximum absolute atomic E-state index is 4.58. The van der Waals surface area contributed by atoms with E-state index >= 15 is 0 Å². The van der Waals surface area contributed by atoms with Gasteiger partial charge in [0.1, 0.15) is 5.82 Å². The molecule has 6 nitrogen and oxygen atoms in total. The maximum atomic E-state index is 4.58. The Morgan fingerprint density at radius 1 is 1.03 bits per heavy atom. The van der Waals surface area contributed by atoms with Gasteiger partial charge in [-0.3, -0.25) is 4.99 Å². The van der Waals surface area contributed by atoms with Crippen molar-refractivity contribution >= 4 is 11.8 Å². The lowest BCUT2D eigenvalue weighted by Gasteiger charge is -2.33. The van der Waals surface area contributed by atoms with Crippen LogP contribution in [0, 0.1) is 5.92 Å². The lowest BCUT2D eigenvalue weighted by Crippen LogP contribution is -2.44. The number of anilines is 1. The van der Waals surface area contributed by atoms with Crippen LogP contribution in [0.25, 0.3) is 0 Å². The fourth-order valence-electron chi connectivity index (χ4n) is 3.86. The number of benzene rings is 1. The molecule has 31 heavy (non-hydrogen) atoms. The molecule has 0 aliphatic carbocycles. The number of aromatic nitrogens is 1. The molecule has 0 spiro atoms. The third-order valence-corrected chi connectivity index (χ3v) is 5.80. The molecule has 3 rings (SSSR count). The van der Waals surface area contributed by atoms with Crippen LogP contribution >= 0.6 is 0 Å². The zero-order valence-corrected chi connectivity index (χ0v) is 19.7. The summed E-state index contributed by atoms with van der Waals surface area (Å²) in [5, 5.41) is 6.95. The number of aliphatic imine (C=N–C) groups is 1.